The fraction of sp³-hybridized carbons (Fsp3) is 0.475. The third kappa shape index (κ3) is 9.71. The molecular formula is C40H46ClN9O5. The van der Waals surface area contributed by atoms with Crippen LogP contribution in [0, 0.1) is 17.2 Å². The highest BCUT2D eigenvalue weighted by molar-refractivity contribution is 6.31. The molecule has 0 radical (unpaired) electrons. The standard InChI is InChI=1S/C40H46ClN9O5/c41-33-23-32(8-3-28(33)24-42)55-31-9-4-29(5-10-31)43-40(54)35-11-13-36(47-46-35)50-17-15-26(16-18-50)25-48-19-21-49(22-20-48)30-6-1-27(2-7-30)38(52)44-34-12-14-37(51)45-39(34)53/h1-3,6-8,11,13,23,26,29,31,34H,4-5,9-10,12,14-22,25H2,(H,43,54)(H,44,52)(H,45,51,53). The Kier molecular flexibility index (Phi) is 12.1. The predicted octanol–water partition coefficient (Wildman–Crippen LogP) is 3.70. The second-order valence-corrected chi connectivity index (χ2v) is 15.2. The van der Waals surface area contributed by atoms with E-state index in [9.17, 15) is 19.2 Å². The van der Waals surface area contributed by atoms with Gasteiger partial charge >= 0.3 is 0 Å². The third-order valence-electron chi connectivity index (χ3n) is 11.1. The number of nitrogens with one attached hydrogen (secondary N) is 3. The molecule has 1 saturated carbocycles. The second kappa shape index (κ2) is 17.5. The molecule has 3 aromatic rings. The summed E-state index contributed by atoms with van der Waals surface area (Å²) in [5.74, 6) is 0.736. The molecule has 288 valence electrons. The van der Waals surface area contributed by atoms with Crippen LogP contribution in [0.4, 0.5) is 11.5 Å². The monoisotopic (exact) mass is 767 g/mol. The highest BCUT2D eigenvalue weighted by atomic mass is 35.5. The lowest BCUT2D eigenvalue weighted by atomic mass is 9.93. The van der Waals surface area contributed by atoms with E-state index < -0.39 is 11.9 Å². The lowest BCUT2D eigenvalue weighted by molar-refractivity contribution is -0.134. The molecule has 1 atom stereocenters. The zero-order valence-electron chi connectivity index (χ0n) is 30.7. The van der Waals surface area contributed by atoms with E-state index in [0.29, 0.717) is 39.9 Å². The minimum atomic E-state index is -0.695. The highest BCUT2D eigenvalue weighted by Crippen LogP contribution is 2.28. The van der Waals surface area contributed by atoms with Crippen molar-refractivity contribution in [2.24, 2.45) is 5.92 Å². The van der Waals surface area contributed by atoms with E-state index in [2.05, 4.69) is 46.9 Å². The first kappa shape index (κ1) is 38.0. The van der Waals surface area contributed by atoms with Crippen LogP contribution in [0.2, 0.25) is 5.02 Å². The van der Waals surface area contributed by atoms with E-state index in [4.69, 9.17) is 21.6 Å². The fourth-order valence-corrected chi connectivity index (χ4v) is 8.06. The topological polar surface area (TPSA) is 173 Å². The molecule has 4 fully saturated rings. The van der Waals surface area contributed by atoms with Crippen molar-refractivity contribution in [2.75, 3.05) is 55.6 Å². The van der Waals surface area contributed by atoms with E-state index >= 15 is 0 Å². The number of hydrogen-bond donors (Lipinski definition) is 3. The number of amides is 4. The average Bonchev–Trinajstić information content (AvgIpc) is 3.20. The fourth-order valence-electron chi connectivity index (χ4n) is 7.85. The molecular weight excluding hydrogens is 722 g/mol. The first-order valence-electron chi connectivity index (χ1n) is 19.2. The molecule has 1 aromatic heterocycles. The summed E-state index contributed by atoms with van der Waals surface area (Å²) in [5, 5.41) is 26.3. The average molecular weight is 768 g/mol. The number of rotatable bonds is 10. The number of anilines is 2. The summed E-state index contributed by atoms with van der Waals surface area (Å²) < 4.78 is 6.08. The van der Waals surface area contributed by atoms with Gasteiger partial charge in [-0.3, -0.25) is 29.4 Å². The molecule has 3 N–H and O–H groups in total. The van der Waals surface area contributed by atoms with Gasteiger partial charge in [-0.15, -0.1) is 10.2 Å². The molecule has 0 bridgehead atoms. The number of ether oxygens (including phenoxy) is 1. The van der Waals surface area contributed by atoms with Crippen molar-refractivity contribution in [3.63, 3.8) is 0 Å². The molecule has 4 heterocycles. The van der Waals surface area contributed by atoms with Crippen molar-refractivity contribution < 1.29 is 23.9 Å². The Labute approximate surface area is 325 Å². The number of imide groups is 1. The van der Waals surface area contributed by atoms with Crippen LogP contribution in [-0.2, 0) is 9.59 Å². The Balaban J connectivity index is 0.789. The van der Waals surface area contributed by atoms with Gasteiger partial charge in [0.2, 0.25) is 11.8 Å². The maximum absolute atomic E-state index is 13.0. The Morgan fingerprint density at radius 2 is 1.58 bits per heavy atom. The molecule has 3 aliphatic heterocycles. The molecule has 1 aliphatic carbocycles. The van der Waals surface area contributed by atoms with Crippen LogP contribution in [-0.4, -0.2) is 103 Å². The van der Waals surface area contributed by atoms with Crippen LogP contribution in [0.25, 0.3) is 0 Å². The highest BCUT2D eigenvalue weighted by Gasteiger charge is 2.29. The SMILES string of the molecule is N#Cc1ccc(OC2CCC(NC(=O)c3ccc(N4CCC(CN5CCN(c6ccc(C(=O)NC7CCC(=O)NC7=O)cc6)CC5)CC4)nn3)CC2)cc1Cl. The Morgan fingerprint density at radius 1 is 0.836 bits per heavy atom. The van der Waals surface area contributed by atoms with Gasteiger partial charge in [-0.25, -0.2) is 0 Å². The first-order valence-corrected chi connectivity index (χ1v) is 19.6. The number of carbonyl (C=O) groups is 4. The molecule has 2 aromatic carbocycles. The number of aromatic nitrogens is 2. The van der Waals surface area contributed by atoms with Crippen molar-refractivity contribution in [3.8, 4) is 11.8 Å². The van der Waals surface area contributed by atoms with Gasteiger partial charge in [-0.1, -0.05) is 11.6 Å². The number of halogens is 1. The number of carbonyl (C=O) groups excluding carboxylic acids is 4. The normalized spacial score (nSPS) is 22.4. The van der Waals surface area contributed by atoms with Crippen molar-refractivity contribution >= 4 is 46.7 Å². The van der Waals surface area contributed by atoms with E-state index in [1.54, 1.807) is 36.4 Å². The summed E-state index contributed by atoms with van der Waals surface area (Å²) in [6, 6.07) is 17.6. The van der Waals surface area contributed by atoms with Gasteiger partial charge in [0.05, 0.1) is 16.7 Å². The van der Waals surface area contributed by atoms with Crippen molar-refractivity contribution in [1.29, 1.82) is 5.26 Å². The van der Waals surface area contributed by atoms with Crippen LogP contribution in [0.15, 0.2) is 54.6 Å². The van der Waals surface area contributed by atoms with Gasteiger partial charge in [-0.05, 0) is 99.4 Å². The molecule has 4 amide bonds. The summed E-state index contributed by atoms with van der Waals surface area (Å²) in [6.45, 7) is 6.60. The summed E-state index contributed by atoms with van der Waals surface area (Å²) in [4.78, 5) is 56.2. The quantitative estimate of drug-likeness (QED) is 0.257. The van der Waals surface area contributed by atoms with E-state index in [0.717, 1.165) is 95.8 Å². The molecule has 55 heavy (non-hydrogen) atoms. The third-order valence-corrected chi connectivity index (χ3v) is 11.4. The first-order chi connectivity index (χ1) is 26.7. The van der Waals surface area contributed by atoms with Gasteiger partial charge < -0.3 is 25.2 Å². The smallest absolute Gasteiger partial charge is 0.272 e. The molecule has 15 heteroatoms. The molecule has 0 spiro atoms. The number of hydrogen-bond acceptors (Lipinski definition) is 11. The number of piperidine rings is 2. The molecule has 3 saturated heterocycles. The number of piperazine rings is 1. The molecule has 7 rings (SSSR count). The largest absolute Gasteiger partial charge is 0.490 e. The van der Waals surface area contributed by atoms with Crippen LogP contribution >= 0.6 is 11.6 Å². The van der Waals surface area contributed by atoms with Gasteiger partial charge in [-0.2, -0.15) is 5.26 Å². The zero-order valence-corrected chi connectivity index (χ0v) is 31.5. The van der Waals surface area contributed by atoms with Crippen molar-refractivity contribution in [2.45, 2.75) is 69.6 Å². The minimum Gasteiger partial charge on any atom is -0.490 e. The van der Waals surface area contributed by atoms with Crippen LogP contribution in [0.1, 0.15) is 77.8 Å². The zero-order chi connectivity index (χ0) is 38.3. The molecule has 4 aliphatic rings. The van der Waals surface area contributed by atoms with Crippen LogP contribution in [0.3, 0.4) is 0 Å². The maximum Gasteiger partial charge on any atom is 0.272 e. The van der Waals surface area contributed by atoms with E-state index in [1.165, 1.54) is 0 Å². The summed E-state index contributed by atoms with van der Waals surface area (Å²) in [7, 11) is 0. The van der Waals surface area contributed by atoms with E-state index in [1.807, 2.05) is 18.2 Å². The Bertz CT molecular complexity index is 1900. The van der Waals surface area contributed by atoms with E-state index in [-0.39, 0.29) is 36.3 Å². The van der Waals surface area contributed by atoms with Crippen molar-refractivity contribution in [1.82, 2.24) is 31.0 Å². The molecule has 14 nitrogen and oxygen atoms in total. The van der Waals surface area contributed by atoms with Gasteiger partial charge in [0.25, 0.3) is 11.8 Å². The second-order valence-electron chi connectivity index (χ2n) is 14.8. The summed E-state index contributed by atoms with van der Waals surface area (Å²) in [5.41, 5.74) is 2.28. The lowest BCUT2D eigenvalue weighted by Gasteiger charge is -2.39. The number of nitriles is 1. The van der Waals surface area contributed by atoms with Gasteiger partial charge in [0.1, 0.15) is 17.9 Å². The summed E-state index contributed by atoms with van der Waals surface area (Å²) >= 11 is 6.14. The van der Waals surface area contributed by atoms with Gasteiger partial charge in [0.15, 0.2) is 11.5 Å². The summed E-state index contributed by atoms with van der Waals surface area (Å²) in [6.07, 6.45) is 5.88. The minimum absolute atomic E-state index is 0.0286. The lowest BCUT2D eigenvalue weighted by Crippen LogP contribution is -2.52. The maximum atomic E-state index is 13.0. The Morgan fingerprint density at radius 3 is 2.24 bits per heavy atom. The van der Waals surface area contributed by atoms with Gasteiger partial charge in [0, 0.05) is 75.6 Å². The number of benzene rings is 2. The van der Waals surface area contributed by atoms with Crippen LogP contribution in [0.5, 0.6) is 5.75 Å². The number of nitrogens with zero attached hydrogens (tertiary/aromatic N) is 6. The Hall–Kier alpha value is -5.26. The van der Waals surface area contributed by atoms with Crippen molar-refractivity contribution in [3.05, 3.63) is 76.4 Å². The molecule has 1 unspecified atom stereocenters. The van der Waals surface area contributed by atoms with Crippen LogP contribution < -0.4 is 30.5 Å². The predicted molar refractivity (Wildman–Crippen MR) is 206 cm³/mol.